The average molecular weight is 244 g/mol. The highest BCUT2D eigenvalue weighted by Crippen LogP contribution is 2.15. The number of hydrogen-bond acceptors (Lipinski definition) is 1. The van der Waals surface area contributed by atoms with E-state index in [2.05, 4.69) is 20.8 Å². The van der Waals surface area contributed by atoms with Gasteiger partial charge in [0.1, 0.15) is 0 Å². The second-order valence-electron chi connectivity index (χ2n) is 3.48. The van der Waals surface area contributed by atoms with Crippen LogP contribution >= 0.6 is 11.6 Å². The predicted molar refractivity (Wildman–Crippen MR) is 57.8 cm³/mol. The van der Waals surface area contributed by atoms with Gasteiger partial charge in [-0.25, -0.2) is 0 Å². The lowest BCUT2D eigenvalue weighted by Gasteiger charge is -2.40. The van der Waals surface area contributed by atoms with E-state index < -0.39 is 0 Å². The molecule has 0 saturated carbocycles. The van der Waals surface area contributed by atoms with Crippen molar-refractivity contribution in [1.29, 1.82) is 0 Å². The molecule has 0 bridgehead atoms. The van der Waals surface area contributed by atoms with E-state index in [1.165, 1.54) is 0 Å². The van der Waals surface area contributed by atoms with Crippen LogP contribution in [0.25, 0.3) is 0 Å². The first-order valence-electron chi connectivity index (χ1n) is 5.26. The van der Waals surface area contributed by atoms with Gasteiger partial charge in [0.05, 0.1) is 19.6 Å². The molecule has 88 valence electrons. The zero-order valence-electron chi connectivity index (χ0n) is 9.47. The van der Waals surface area contributed by atoms with Crippen LogP contribution in [0.1, 0.15) is 33.6 Å². The highest BCUT2D eigenvalue weighted by Gasteiger charge is 2.29. The van der Waals surface area contributed by atoms with Gasteiger partial charge in [0.15, 0.2) is 6.23 Å². The van der Waals surface area contributed by atoms with Gasteiger partial charge in [0, 0.05) is 12.3 Å². The van der Waals surface area contributed by atoms with Gasteiger partial charge in [0.2, 0.25) is 0 Å². The number of hydrogen-bond donors (Lipinski definition) is 1. The van der Waals surface area contributed by atoms with Gasteiger partial charge in [-0.05, 0) is 27.2 Å². The largest absolute Gasteiger partial charge is 1.00 e. The summed E-state index contributed by atoms with van der Waals surface area (Å²) in [6, 6.07) is 0. The van der Waals surface area contributed by atoms with E-state index in [1.807, 2.05) is 0 Å². The van der Waals surface area contributed by atoms with Crippen LogP contribution in [0, 0.1) is 0 Å². The fraction of sp³-hybridized carbons (Fsp3) is 1.00. The molecule has 0 spiro atoms. The fourth-order valence-electron chi connectivity index (χ4n) is 1.84. The van der Waals surface area contributed by atoms with Crippen LogP contribution in [0.2, 0.25) is 0 Å². The molecule has 0 rings (SSSR count). The maximum absolute atomic E-state index is 10.0. The molecule has 0 amide bonds. The fourth-order valence-corrected chi connectivity index (χ4v) is 1.99. The minimum absolute atomic E-state index is 0. The van der Waals surface area contributed by atoms with Crippen molar-refractivity contribution in [3.63, 3.8) is 0 Å². The predicted octanol–water partition coefficient (Wildman–Crippen LogP) is -0.796. The molecule has 0 aliphatic carbocycles. The molecule has 4 heteroatoms. The first-order chi connectivity index (χ1) is 6.16. The number of rotatable bonds is 7. The molecule has 0 heterocycles. The van der Waals surface area contributed by atoms with Crippen LogP contribution in [0.15, 0.2) is 0 Å². The van der Waals surface area contributed by atoms with Gasteiger partial charge in [0.25, 0.3) is 0 Å². The van der Waals surface area contributed by atoms with E-state index in [1.54, 1.807) is 0 Å². The van der Waals surface area contributed by atoms with Crippen molar-refractivity contribution in [2.24, 2.45) is 0 Å². The Morgan fingerprint density at radius 1 is 1.14 bits per heavy atom. The van der Waals surface area contributed by atoms with E-state index in [4.69, 9.17) is 11.6 Å². The molecular weight excluding hydrogens is 221 g/mol. The van der Waals surface area contributed by atoms with E-state index in [0.29, 0.717) is 5.88 Å². The Hall–Kier alpha value is 0.500. The van der Waals surface area contributed by atoms with Crippen LogP contribution in [0.5, 0.6) is 0 Å². The van der Waals surface area contributed by atoms with Gasteiger partial charge in [-0.15, -0.1) is 11.6 Å². The Kier molecular flexibility index (Phi) is 10.6. The van der Waals surface area contributed by atoms with Gasteiger partial charge in [-0.2, -0.15) is 0 Å². The second-order valence-corrected chi connectivity index (χ2v) is 3.86. The highest BCUT2D eigenvalue weighted by molar-refractivity contribution is 6.17. The zero-order chi connectivity index (χ0) is 10.3. The van der Waals surface area contributed by atoms with Gasteiger partial charge >= 0.3 is 0 Å². The number of alkyl halides is 1. The molecule has 0 fully saturated rings. The molecule has 0 saturated heterocycles. The average Bonchev–Trinajstić information content (AvgIpc) is 2.18. The second kappa shape index (κ2) is 8.78. The molecule has 0 aromatic heterocycles. The number of nitrogens with zero attached hydrogens (tertiary/aromatic N) is 1. The van der Waals surface area contributed by atoms with E-state index >= 15 is 0 Å². The third-order valence-corrected chi connectivity index (χ3v) is 3.38. The standard InChI is InChI=1S/C10H23ClNO.ClH/c1-4-12(5-2,6-3)10(13)8-7-9-11;/h10,13H,4-9H2,1-3H3;1H/q+1;/p-1. The summed E-state index contributed by atoms with van der Waals surface area (Å²) in [5.74, 6) is 0.647. The lowest BCUT2D eigenvalue weighted by Crippen LogP contribution is -3.00. The number of aliphatic hydroxyl groups excluding tert-OH is 1. The third-order valence-electron chi connectivity index (χ3n) is 3.12. The molecule has 1 N–H and O–H groups in total. The van der Waals surface area contributed by atoms with Crippen LogP contribution in [0.3, 0.4) is 0 Å². The van der Waals surface area contributed by atoms with Crippen molar-refractivity contribution in [2.45, 2.75) is 39.8 Å². The van der Waals surface area contributed by atoms with Gasteiger partial charge in [-0.1, -0.05) is 0 Å². The molecule has 0 aliphatic heterocycles. The molecule has 1 unspecified atom stereocenters. The Morgan fingerprint density at radius 3 is 1.86 bits per heavy atom. The number of halogens is 2. The molecule has 1 atom stereocenters. The molecule has 0 aliphatic rings. The van der Waals surface area contributed by atoms with Gasteiger partial charge in [-0.3, -0.25) is 4.48 Å². The summed E-state index contributed by atoms with van der Waals surface area (Å²) in [5, 5.41) is 10.0. The van der Waals surface area contributed by atoms with Crippen molar-refractivity contribution >= 4 is 11.6 Å². The lowest BCUT2D eigenvalue weighted by molar-refractivity contribution is -0.967. The third kappa shape index (κ3) is 4.35. The number of aliphatic hydroxyl groups is 1. The van der Waals surface area contributed by atoms with E-state index in [0.717, 1.165) is 37.0 Å². The summed E-state index contributed by atoms with van der Waals surface area (Å²) in [6.45, 7) is 9.40. The molecule has 0 aromatic carbocycles. The topological polar surface area (TPSA) is 20.2 Å². The maximum atomic E-state index is 10.0. The first kappa shape index (κ1) is 16.9. The Bertz CT molecular complexity index is 121. The van der Waals surface area contributed by atoms with Crippen molar-refractivity contribution in [1.82, 2.24) is 0 Å². The van der Waals surface area contributed by atoms with Crippen molar-refractivity contribution in [3.8, 4) is 0 Å². The highest BCUT2D eigenvalue weighted by atomic mass is 35.5. The molecule has 2 nitrogen and oxygen atoms in total. The Balaban J connectivity index is 0. The lowest BCUT2D eigenvalue weighted by atomic mass is 10.2. The van der Waals surface area contributed by atoms with Crippen LogP contribution < -0.4 is 12.4 Å². The zero-order valence-corrected chi connectivity index (χ0v) is 11.0. The summed E-state index contributed by atoms with van der Waals surface area (Å²) in [4.78, 5) is 0. The molecule has 0 radical (unpaired) electrons. The smallest absolute Gasteiger partial charge is 0.190 e. The summed E-state index contributed by atoms with van der Waals surface area (Å²) in [5.41, 5.74) is 0. The van der Waals surface area contributed by atoms with Crippen LogP contribution in [-0.2, 0) is 0 Å². The van der Waals surface area contributed by atoms with Crippen molar-refractivity contribution in [2.75, 3.05) is 25.5 Å². The molecule has 0 aromatic rings. The van der Waals surface area contributed by atoms with Gasteiger partial charge < -0.3 is 17.5 Å². The minimum Gasteiger partial charge on any atom is -1.00 e. The summed E-state index contributed by atoms with van der Waals surface area (Å²) >= 11 is 5.61. The summed E-state index contributed by atoms with van der Waals surface area (Å²) < 4.78 is 0.802. The van der Waals surface area contributed by atoms with Crippen molar-refractivity contribution in [3.05, 3.63) is 0 Å². The van der Waals surface area contributed by atoms with E-state index in [9.17, 15) is 5.11 Å². The van der Waals surface area contributed by atoms with Crippen molar-refractivity contribution < 1.29 is 22.0 Å². The van der Waals surface area contributed by atoms with Crippen LogP contribution in [0.4, 0.5) is 0 Å². The van der Waals surface area contributed by atoms with E-state index in [-0.39, 0.29) is 18.6 Å². The normalized spacial score (nSPS) is 13.5. The minimum atomic E-state index is -0.237. The van der Waals surface area contributed by atoms with Crippen LogP contribution in [-0.4, -0.2) is 41.3 Å². The quantitative estimate of drug-likeness (QED) is 0.353. The first-order valence-corrected chi connectivity index (χ1v) is 5.80. The summed E-state index contributed by atoms with van der Waals surface area (Å²) in [6.07, 6.45) is 1.49. The Labute approximate surface area is 99.2 Å². The molecule has 14 heavy (non-hydrogen) atoms. The number of quaternary nitrogens is 1. The monoisotopic (exact) mass is 243 g/mol. The SMILES string of the molecule is CC[N+](CC)(CC)C(O)CCCCl.[Cl-]. The summed E-state index contributed by atoms with van der Waals surface area (Å²) in [7, 11) is 0. The molecular formula is C10H23Cl2NO. The maximum Gasteiger partial charge on any atom is 0.190 e. The Morgan fingerprint density at radius 2 is 1.57 bits per heavy atom.